The summed E-state index contributed by atoms with van der Waals surface area (Å²) in [7, 11) is 3.13. The van der Waals surface area contributed by atoms with Crippen LogP contribution in [0.3, 0.4) is 0 Å². The van der Waals surface area contributed by atoms with Crippen molar-refractivity contribution in [2.75, 3.05) is 19.5 Å². The van der Waals surface area contributed by atoms with Crippen LogP contribution in [0.1, 0.15) is 21.5 Å². The maximum absolute atomic E-state index is 11.3. The predicted octanol–water partition coefficient (Wildman–Crippen LogP) is 3.37. The predicted molar refractivity (Wildman–Crippen MR) is 87.8 cm³/mol. The van der Waals surface area contributed by atoms with Crippen molar-refractivity contribution in [3.8, 4) is 11.5 Å². The number of ether oxygens (including phenoxy) is 2. The Hall–Kier alpha value is -2.47. The zero-order valence-electron chi connectivity index (χ0n) is 13.0. The SMILES string of the molecule is COc1ccc(CNc2nc(Cl)c(C)cc2C(=O)O)c(OC)c1. The second-order valence-corrected chi connectivity index (χ2v) is 5.19. The minimum Gasteiger partial charge on any atom is -0.497 e. The third-order valence-corrected chi connectivity index (χ3v) is 3.70. The molecule has 0 aliphatic rings. The molecule has 2 N–H and O–H groups in total. The number of hydrogen-bond acceptors (Lipinski definition) is 5. The first-order chi connectivity index (χ1) is 11.0. The maximum atomic E-state index is 11.3. The minimum absolute atomic E-state index is 0.0689. The van der Waals surface area contributed by atoms with Gasteiger partial charge in [0.05, 0.1) is 14.2 Å². The number of carboxylic acid groups (broad SMARTS) is 1. The third kappa shape index (κ3) is 3.84. The molecule has 0 saturated carbocycles. The van der Waals surface area contributed by atoms with Crippen LogP contribution in [0.2, 0.25) is 5.15 Å². The van der Waals surface area contributed by atoms with Gasteiger partial charge >= 0.3 is 5.97 Å². The number of anilines is 1. The van der Waals surface area contributed by atoms with Gasteiger partial charge in [0, 0.05) is 18.2 Å². The maximum Gasteiger partial charge on any atom is 0.339 e. The van der Waals surface area contributed by atoms with E-state index < -0.39 is 5.97 Å². The number of aryl methyl sites for hydroxylation is 1. The molecule has 0 aliphatic carbocycles. The van der Waals surface area contributed by atoms with Crippen LogP contribution in [0, 0.1) is 6.92 Å². The number of pyridine rings is 1. The molecule has 0 atom stereocenters. The number of halogens is 1. The van der Waals surface area contributed by atoms with E-state index in [-0.39, 0.29) is 16.5 Å². The molecule has 0 unspecified atom stereocenters. The highest BCUT2D eigenvalue weighted by molar-refractivity contribution is 6.30. The van der Waals surface area contributed by atoms with Crippen molar-refractivity contribution in [2.24, 2.45) is 0 Å². The highest BCUT2D eigenvalue weighted by Gasteiger charge is 2.15. The van der Waals surface area contributed by atoms with Crippen LogP contribution in [0.15, 0.2) is 24.3 Å². The number of nitrogens with zero attached hydrogens (tertiary/aromatic N) is 1. The fraction of sp³-hybridized carbons (Fsp3) is 0.250. The van der Waals surface area contributed by atoms with Gasteiger partial charge in [0.25, 0.3) is 0 Å². The average Bonchev–Trinajstić information content (AvgIpc) is 2.55. The van der Waals surface area contributed by atoms with Gasteiger partial charge in [-0.05, 0) is 30.7 Å². The van der Waals surface area contributed by atoms with Gasteiger partial charge in [0.1, 0.15) is 28.0 Å². The molecule has 2 rings (SSSR count). The van der Waals surface area contributed by atoms with E-state index in [1.807, 2.05) is 6.07 Å². The van der Waals surface area contributed by atoms with Gasteiger partial charge in [0.15, 0.2) is 0 Å². The Kier molecular flexibility index (Phi) is 5.28. The molecule has 0 bridgehead atoms. The Morgan fingerprint density at radius 1 is 1.30 bits per heavy atom. The molecule has 1 heterocycles. The number of aromatic nitrogens is 1. The first kappa shape index (κ1) is 16.9. The fourth-order valence-corrected chi connectivity index (χ4v) is 2.20. The molecule has 0 saturated heterocycles. The van der Waals surface area contributed by atoms with Crippen LogP contribution in [-0.4, -0.2) is 30.3 Å². The molecule has 2 aromatic rings. The summed E-state index contributed by atoms with van der Waals surface area (Å²) in [6.07, 6.45) is 0. The Morgan fingerprint density at radius 3 is 2.65 bits per heavy atom. The summed E-state index contributed by atoms with van der Waals surface area (Å²) in [4.78, 5) is 15.4. The highest BCUT2D eigenvalue weighted by Crippen LogP contribution is 2.26. The lowest BCUT2D eigenvalue weighted by molar-refractivity contribution is 0.0697. The molecule has 1 aromatic heterocycles. The number of carbonyl (C=O) groups is 1. The van der Waals surface area contributed by atoms with Crippen LogP contribution in [0.4, 0.5) is 5.82 Å². The van der Waals surface area contributed by atoms with Gasteiger partial charge in [-0.25, -0.2) is 9.78 Å². The van der Waals surface area contributed by atoms with E-state index in [0.29, 0.717) is 23.6 Å². The summed E-state index contributed by atoms with van der Waals surface area (Å²) in [5.41, 5.74) is 1.51. The van der Waals surface area contributed by atoms with Gasteiger partial charge in [-0.1, -0.05) is 11.6 Å². The van der Waals surface area contributed by atoms with Crippen molar-refractivity contribution in [3.63, 3.8) is 0 Å². The highest BCUT2D eigenvalue weighted by atomic mass is 35.5. The van der Waals surface area contributed by atoms with E-state index in [4.69, 9.17) is 21.1 Å². The Bertz CT molecular complexity index is 734. The molecule has 0 aliphatic heterocycles. The van der Waals surface area contributed by atoms with Gasteiger partial charge in [-0.3, -0.25) is 0 Å². The second kappa shape index (κ2) is 7.19. The number of nitrogens with one attached hydrogen (secondary N) is 1. The van der Waals surface area contributed by atoms with E-state index in [1.165, 1.54) is 6.07 Å². The number of hydrogen-bond donors (Lipinski definition) is 2. The van der Waals surface area contributed by atoms with Crippen LogP contribution >= 0.6 is 11.6 Å². The molecule has 6 nitrogen and oxygen atoms in total. The first-order valence-corrected chi connectivity index (χ1v) is 7.19. The number of methoxy groups -OCH3 is 2. The fourth-order valence-electron chi connectivity index (χ4n) is 2.07. The third-order valence-electron chi connectivity index (χ3n) is 3.32. The number of carboxylic acids is 1. The Balaban J connectivity index is 2.27. The monoisotopic (exact) mass is 336 g/mol. The summed E-state index contributed by atoms with van der Waals surface area (Å²) in [6, 6.07) is 6.88. The number of rotatable bonds is 6. The first-order valence-electron chi connectivity index (χ1n) is 6.81. The molecule has 0 spiro atoms. The summed E-state index contributed by atoms with van der Waals surface area (Å²) in [6.45, 7) is 2.04. The number of aromatic carboxylic acids is 1. The summed E-state index contributed by atoms with van der Waals surface area (Å²) >= 11 is 5.99. The average molecular weight is 337 g/mol. The van der Waals surface area contributed by atoms with Gasteiger partial charge in [-0.15, -0.1) is 0 Å². The van der Waals surface area contributed by atoms with Crippen molar-refractivity contribution < 1.29 is 19.4 Å². The van der Waals surface area contributed by atoms with Crippen LogP contribution in [0.5, 0.6) is 11.5 Å². The van der Waals surface area contributed by atoms with Crippen molar-refractivity contribution in [1.29, 1.82) is 0 Å². The zero-order chi connectivity index (χ0) is 17.0. The summed E-state index contributed by atoms with van der Waals surface area (Å²) in [5, 5.41) is 12.5. The van der Waals surface area contributed by atoms with Crippen molar-refractivity contribution in [3.05, 3.63) is 46.1 Å². The summed E-state index contributed by atoms with van der Waals surface area (Å²) in [5.74, 6) is 0.452. The van der Waals surface area contributed by atoms with Crippen molar-refractivity contribution >= 4 is 23.4 Å². The lowest BCUT2D eigenvalue weighted by atomic mass is 10.1. The Morgan fingerprint density at radius 2 is 2.04 bits per heavy atom. The van der Waals surface area contributed by atoms with Crippen LogP contribution in [-0.2, 0) is 6.54 Å². The minimum atomic E-state index is -1.07. The second-order valence-electron chi connectivity index (χ2n) is 4.83. The lowest BCUT2D eigenvalue weighted by Gasteiger charge is -2.13. The van der Waals surface area contributed by atoms with E-state index >= 15 is 0 Å². The zero-order valence-corrected chi connectivity index (χ0v) is 13.8. The van der Waals surface area contributed by atoms with Crippen LogP contribution in [0.25, 0.3) is 0 Å². The standard InChI is InChI=1S/C16H17ClN2O4/c1-9-6-12(16(20)21)15(19-14(9)17)18-8-10-4-5-11(22-2)7-13(10)23-3/h4-7H,8H2,1-3H3,(H,18,19)(H,20,21). The number of benzene rings is 1. The van der Waals surface area contributed by atoms with Gasteiger partial charge < -0.3 is 19.9 Å². The van der Waals surface area contributed by atoms with Crippen molar-refractivity contribution in [2.45, 2.75) is 13.5 Å². The molecule has 23 heavy (non-hydrogen) atoms. The topological polar surface area (TPSA) is 80.7 Å². The molecule has 122 valence electrons. The Labute approximate surface area is 139 Å². The normalized spacial score (nSPS) is 10.3. The van der Waals surface area contributed by atoms with E-state index in [1.54, 1.807) is 33.3 Å². The van der Waals surface area contributed by atoms with E-state index in [9.17, 15) is 9.90 Å². The van der Waals surface area contributed by atoms with E-state index in [0.717, 1.165) is 5.56 Å². The largest absolute Gasteiger partial charge is 0.497 e. The lowest BCUT2D eigenvalue weighted by Crippen LogP contribution is -2.10. The molecular weight excluding hydrogens is 320 g/mol. The molecule has 0 fully saturated rings. The molecule has 0 radical (unpaired) electrons. The smallest absolute Gasteiger partial charge is 0.339 e. The summed E-state index contributed by atoms with van der Waals surface area (Å²) < 4.78 is 10.5. The molecular formula is C16H17ClN2O4. The van der Waals surface area contributed by atoms with Gasteiger partial charge in [-0.2, -0.15) is 0 Å². The van der Waals surface area contributed by atoms with Crippen LogP contribution < -0.4 is 14.8 Å². The van der Waals surface area contributed by atoms with Crippen molar-refractivity contribution in [1.82, 2.24) is 4.98 Å². The van der Waals surface area contributed by atoms with Gasteiger partial charge in [0.2, 0.25) is 0 Å². The quantitative estimate of drug-likeness (QED) is 0.787. The molecule has 0 amide bonds. The molecule has 1 aromatic carbocycles. The molecule has 7 heteroatoms. The van der Waals surface area contributed by atoms with E-state index in [2.05, 4.69) is 10.3 Å².